The molecule has 1 heterocycles. The predicted octanol–water partition coefficient (Wildman–Crippen LogP) is 3.17. The largest absolute Gasteiger partial charge is 0.339 e. The van der Waals surface area contributed by atoms with Gasteiger partial charge in [-0.05, 0) is 31.2 Å². The van der Waals surface area contributed by atoms with Crippen LogP contribution in [-0.4, -0.2) is 61.2 Å². The molecule has 6 nitrogen and oxygen atoms in total. The number of Topliss-reactive ketones (excluding diaryl/α,β-unsaturated/α-hetero) is 1. The number of carbonyl (C=O) groups is 2. The van der Waals surface area contributed by atoms with E-state index in [2.05, 4.69) is 0 Å². The molecule has 1 saturated heterocycles. The highest BCUT2D eigenvalue weighted by Gasteiger charge is 2.30. The van der Waals surface area contributed by atoms with Gasteiger partial charge in [-0.2, -0.15) is 4.31 Å². The van der Waals surface area contributed by atoms with Crippen LogP contribution in [-0.2, 0) is 14.8 Å². The number of thioether (sulfide) groups is 1. The summed E-state index contributed by atoms with van der Waals surface area (Å²) >= 11 is 7.48. The van der Waals surface area contributed by atoms with Crippen LogP contribution in [0, 0.1) is 0 Å². The summed E-state index contributed by atoms with van der Waals surface area (Å²) in [7, 11) is -3.65. The van der Waals surface area contributed by atoms with E-state index in [-0.39, 0.29) is 35.4 Å². The molecule has 9 heteroatoms. The van der Waals surface area contributed by atoms with E-state index in [0.29, 0.717) is 23.7 Å². The number of amides is 1. The number of nitrogens with zero attached hydrogens (tertiary/aromatic N) is 2. The molecule has 3 rings (SSSR count). The van der Waals surface area contributed by atoms with Crippen LogP contribution < -0.4 is 0 Å². The standard InChI is InChI=1S/C20H21ClN2O4S2/c1-15(24)16-6-8-17(9-7-16)29(26,27)23-12-10-22(11-13-23)20(25)14-28-19-5-3-2-4-18(19)21/h2-9H,10-14H2,1H3. The molecular formula is C20H21ClN2O4S2. The van der Waals surface area contributed by atoms with Crippen LogP contribution in [0.1, 0.15) is 17.3 Å². The average molecular weight is 453 g/mol. The number of ketones is 1. The number of benzene rings is 2. The summed E-state index contributed by atoms with van der Waals surface area (Å²) in [5.74, 6) is 0.0942. The molecule has 1 aliphatic heterocycles. The second kappa shape index (κ2) is 9.30. The van der Waals surface area contributed by atoms with E-state index in [9.17, 15) is 18.0 Å². The molecule has 0 bridgehead atoms. The van der Waals surface area contributed by atoms with Crippen LogP contribution in [0.4, 0.5) is 0 Å². The van der Waals surface area contributed by atoms with E-state index < -0.39 is 10.0 Å². The Bertz CT molecular complexity index is 1000. The van der Waals surface area contributed by atoms with Crippen molar-refractivity contribution in [2.24, 2.45) is 0 Å². The Kier molecular flexibility index (Phi) is 7.00. The number of piperazine rings is 1. The van der Waals surface area contributed by atoms with Crippen LogP contribution in [0.25, 0.3) is 0 Å². The van der Waals surface area contributed by atoms with Crippen molar-refractivity contribution in [3.05, 3.63) is 59.1 Å². The second-order valence-corrected chi connectivity index (χ2v) is 9.95. The molecule has 2 aromatic rings. The lowest BCUT2D eigenvalue weighted by molar-refractivity contribution is -0.129. The fraction of sp³-hybridized carbons (Fsp3) is 0.300. The van der Waals surface area contributed by atoms with Crippen molar-refractivity contribution in [1.82, 2.24) is 9.21 Å². The Labute approximate surface area is 179 Å². The first-order valence-corrected chi connectivity index (χ1v) is 11.9. The third-order valence-electron chi connectivity index (χ3n) is 4.68. The Balaban J connectivity index is 1.57. The minimum Gasteiger partial charge on any atom is -0.339 e. The Morgan fingerprint density at radius 3 is 2.21 bits per heavy atom. The van der Waals surface area contributed by atoms with Gasteiger partial charge in [-0.3, -0.25) is 9.59 Å². The molecule has 0 unspecified atom stereocenters. The van der Waals surface area contributed by atoms with Crippen molar-refractivity contribution in [1.29, 1.82) is 0 Å². The topological polar surface area (TPSA) is 74.8 Å². The summed E-state index contributed by atoms with van der Waals surface area (Å²) < 4.78 is 27.0. The first-order valence-electron chi connectivity index (χ1n) is 9.05. The lowest BCUT2D eigenvalue weighted by Gasteiger charge is -2.34. The van der Waals surface area contributed by atoms with Gasteiger partial charge in [-0.25, -0.2) is 8.42 Å². The molecule has 0 radical (unpaired) electrons. The van der Waals surface area contributed by atoms with Gasteiger partial charge in [-0.1, -0.05) is 35.9 Å². The van der Waals surface area contributed by atoms with Crippen molar-refractivity contribution in [2.75, 3.05) is 31.9 Å². The van der Waals surface area contributed by atoms with Gasteiger partial charge in [0.1, 0.15) is 0 Å². The molecule has 0 saturated carbocycles. The second-order valence-electron chi connectivity index (χ2n) is 6.58. The first-order chi connectivity index (χ1) is 13.8. The van der Waals surface area contributed by atoms with Gasteiger partial charge in [0.15, 0.2) is 5.78 Å². The Morgan fingerprint density at radius 2 is 1.62 bits per heavy atom. The van der Waals surface area contributed by atoms with Crippen molar-refractivity contribution in [3.63, 3.8) is 0 Å². The van der Waals surface area contributed by atoms with Crippen LogP contribution >= 0.6 is 23.4 Å². The van der Waals surface area contributed by atoms with Crippen LogP contribution in [0.5, 0.6) is 0 Å². The minimum atomic E-state index is -3.65. The number of sulfonamides is 1. The zero-order chi connectivity index (χ0) is 21.0. The molecule has 0 aromatic heterocycles. The third-order valence-corrected chi connectivity index (χ3v) is 8.09. The van der Waals surface area contributed by atoms with E-state index in [1.54, 1.807) is 11.0 Å². The van der Waals surface area contributed by atoms with E-state index in [4.69, 9.17) is 11.6 Å². The summed E-state index contributed by atoms with van der Waals surface area (Å²) in [5.41, 5.74) is 0.468. The molecule has 1 fully saturated rings. The summed E-state index contributed by atoms with van der Waals surface area (Å²) in [6.07, 6.45) is 0. The molecule has 1 amide bonds. The van der Waals surface area contributed by atoms with E-state index in [0.717, 1.165) is 4.90 Å². The zero-order valence-corrected chi connectivity index (χ0v) is 18.3. The molecule has 0 atom stereocenters. The first kappa shape index (κ1) is 21.8. The summed E-state index contributed by atoms with van der Waals surface area (Å²) in [6, 6.07) is 13.3. The third kappa shape index (κ3) is 5.19. The van der Waals surface area contributed by atoms with Crippen LogP contribution in [0.3, 0.4) is 0 Å². The average Bonchev–Trinajstić information content (AvgIpc) is 2.73. The Morgan fingerprint density at radius 1 is 1.00 bits per heavy atom. The molecular weight excluding hydrogens is 432 g/mol. The fourth-order valence-corrected chi connectivity index (χ4v) is 5.54. The molecule has 2 aromatic carbocycles. The zero-order valence-electron chi connectivity index (χ0n) is 15.9. The van der Waals surface area contributed by atoms with E-state index >= 15 is 0 Å². The number of hydrogen-bond acceptors (Lipinski definition) is 5. The summed E-state index contributed by atoms with van der Waals surface area (Å²) in [4.78, 5) is 26.5. The molecule has 29 heavy (non-hydrogen) atoms. The van der Waals surface area contributed by atoms with Gasteiger partial charge in [0, 0.05) is 36.6 Å². The minimum absolute atomic E-state index is 0.0437. The van der Waals surface area contributed by atoms with Gasteiger partial charge < -0.3 is 4.90 Å². The molecule has 0 aliphatic carbocycles. The maximum Gasteiger partial charge on any atom is 0.243 e. The van der Waals surface area contributed by atoms with Gasteiger partial charge >= 0.3 is 0 Å². The maximum absolute atomic E-state index is 12.8. The molecule has 0 spiro atoms. The Hall–Kier alpha value is -1.87. The highest BCUT2D eigenvalue weighted by molar-refractivity contribution is 8.00. The number of halogens is 1. The van der Waals surface area contributed by atoms with Crippen LogP contribution in [0.15, 0.2) is 58.3 Å². The highest BCUT2D eigenvalue weighted by atomic mass is 35.5. The van der Waals surface area contributed by atoms with Crippen molar-refractivity contribution in [2.45, 2.75) is 16.7 Å². The molecule has 1 aliphatic rings. The lowest BCUT2D eigenvalue weighted by atomic mass is 10.2. The quantitative estimate of drug-likeness (QED) is 0.497. The molecule has 154 valence electrons. The number of rotatable bonds is 6. The summed E-state index contributed by atoms with van der Waals surface area (Å²) in [6.45, 7) is 2.59. The van der Waals surface area contributed by atoms with E-state index in [1.807, 2.05) is 18.2 Å². The maximum atomic E-state index is 12.8. The predicted molar refractivity (Wildman–Crippen MR) is 114 cm³/mol. The van der Waals surface area contributed by atoms with Gasteiger partial charge in [0.05, 0.1) is 15.7 Å². The molecule has 0 N–H and O–H groups in total. The van der Waals surface area contributed by atoms with Gasteiger partial charge in [0.25, 0.3) is 0 Å². The van der Waals surface area contributed by atoms with Crippen molar-refractivity contribution >= 4 is 45.1 Å². The van der Waals surface area contributed by atoms with Crippen LogP contribution in [0.2, 0.25) is 5.02 Å². The highest BCUT2D eigenvalue weighted by Crippen LogP contribution is 2.27. The monoisotopic (exact) mass is 452 g/mol. The lowest BCUT2D eigenvalue weighted by Crippen LogP contribution is -2.50. The normalized spacial score (nSPS) is 15.3. The van der Waals surface area contributed by atoms with Crippen molar-refractivity contribution in [3.8, 4) is 0 Å². The SMILES string of the molecule is CC(=O)c1ccc(S(=O)(=O)N2CCN(C(=O)CSc3ccccc3Cl)CC2)cc1. The van der Waals surface area contributed by atoms with Gasteiger partial charge in [0.2, 0.25) is 15.9 Å². The summed E-state index contributed by atoms with van der Waals surface area (Å²) in [5, 5.41) is 0.608. The number of hydrogen-bond donors (Lipinski definition) is 0. The van der Waals surface area contributed by atoms with Gasteiger partial charge in [-0.15, -0.1) is 11.8 Å². The smallest absolute Gasteiger partial charge is 0.243 e. The fourth-order valence-electron chi connectivity index (χ4n) is 2.98. The van der Waals surface area contributed by atoms with Crippen molar-refractivity contribution < 1.29 is 18.0 Å². The number of carbonyl (C=O) groups excluding carboxylic acids is 2. The van der Waals surface area contributed by atoms with E-state index in [1.165, 1.54) is 47.3 Å².